The molecule has 1 aromatic carbocycles. The number of benzene rings is 1. The Morgan fingerprint density at radius 3 is 2.52 bits per heavy atom. The van der Waals surface area contributed by atoms with Crippen LogP contribution in [0, 0.1) is 6.92 Å². The molecule has 146 valence electrons. The molecule has 0 saturated carbocycles. The SMILES string of the molecule is Cc1cccc(NC(=O)CCN=C(N)Nc2ccc(OC(C)C)cc2)n1.I. The van der Waals surface area contributed by atoms with Crippen molar-refractivity contribution in [3.05, 3.63) is 48.2 Å². The highest BCUT2D eigenvalue weighted by Crippen LogP contribution is 2.16. The maximum atomic E-state index is 11.9. The van der Waals surface area contributed by atoms with E-state index in [0.717, 1.165) is 17.1 Å². The second-order valence-electron chi connectivity index (χ2n) is 6.05. The average Bonchev–Trinajstić information content (AvgIpc) is 2.56. The van der Waals surface area contributed by atoms with Crippen LogP contribution in [0.2, 0.25) is 0 Å². The van der Waals surface area contributed by atoms with Crippen LogP contribution in [0.1, 0.15) is 26.0 Å². The topological polar surface area (TPSA) is 102 Å². The molecule has 1 heterocycles. The summed E-state index contributed by atoms with van der Waals surface area (Å²) in [6.07, 6.45) is 0.348. The molecule has 0 spiro atoms. The molecule has 0 fully saturated rings. The Labute approximate surface area is 176 Å². The summed E-state index contributed by atoms with van der Waals surface area (Å²) in [6.45, 7) is 6.10. The van der Waals surface area contributed by atoms with Gasteiger partial charge < -0.3 is 21.1 Å². The number of carbonyl (C=O) groups is 1. The largest absolute Gasteiger partial charge is 0.491 e. The van der Waals surface area contributed by atoms with E-state index in [4.69, 9.17) is 10.5 Å². The summed E-state index contributed by atoms with van der Waals surface area (Å²) < 4.78 is 5.58. The van der Waals surface area contributed by atoms with Gasteiger partial charge in [0.2, 0.25) is 5.91 Å². The molecule has 0 unspecified atom stereocenters. The number of ether oxygens (including phenoxy) is 1. The van der Waals surface area contributed by atoms with E-state index in [9.17, 15) is 4.79 Å². The third-order valence-electron chi connectivity index (χ3n) is 3.28. The number of amides is 1. The molecule has 8 heteroatoms. The van der Waals surface area contributed by atoms with Crippen molar-refractivity contribution in [1.82, 2.24) is 4.98 Å². The molecule has 4 N–H and O–H groups in total. The number of hydrogen-bond acceptors (Lipinski definition) is 4. The molecule has 0 saturated heterocycles. The minimum absolute atomic E-state index is 0. The standard InChI is InChI=1S/C19H25N5O2.HI/c1-13(2)26-16-9-7-15(8-10-16)23-19(20)21-12-11-18(25)24-17-6-4-5-14(3)22-17;/h4-10,13H,11-12H2,1-3H3,(H3,20,21,23)(H,22,24,25);1H. The molecule has 0 atom stereocenters. The van der Waals surface area contributed by atoms with E-state index in [1.54, 1.807) is 6.07 Å². The third kappa shape index (κ3) is 8.72. The van der Waals surface area contributed by atoms with Crippen LogP contribution >= 0.6 is 24.0 Å². The molecule has 0 bridgehead atoms. The predicted octanol–water partition coefficient (Wildman–Crippen LogP) is 3.55. The number of aliphatic imine (C=N–C) groups is 1. The number of aromatic nitrogens is 1. The molecule has 2 aromatic rings. The normalized spacial score (nSPS) is 10.9. The van der Waals surface area contributed by atoms with Crippen molar-refractivity contribution in [3.8, 4) is 5.75 Å². The van der Waals surface area contributed by atoms with Gasteiger partial charge in [-0.25, -0.2) is 4.98 Å². The maximum absolute atomic E-state index is 11.9. The van der Waals surface area contributed by atoms with Crippen molar-refractivity contribution in [3.63, 3.8) is 0 Å². The molecule has 0 aliphatic heterocycles. The van der Waals surface area contributed by atoms with Crippen molar-refractivity contribution in [1.29, 1.82) is 0 Å². The highest BCUT2D eigenvalue weighted by Gasteiger charge is 2.03. The average molecular weight is 483 g/mol. The van der Waals surface area contributed by atoms with E-state index >= 15 is 0 Å². The van der Waals surface area contributed by atoms with E-state index in [2.05, 4.69) is 20.6 Å². The summed E-state index contributed by atoms with van der Waals surface area (Å²) in [5.41, 5.74) is 7.49. The second-order valence-corrected chi connectivity index (χ2v) is 6.05. The van der Waals surface area contributed by atoms with E-state index in [0.29, 0.717) is 5.82 Å². The van der Waals surface area contributed by atoms with Gasteiger partial charge >= 0.3 is 0 Å². The van der Waals surface area contributed by atoms with Crippen LogP contribution in [0.3, 0.4) is 0 Å². The second kappa shape index (κ2) is 11.4. The van der Waals surface area contributed by atoms with Crippen molar-refractivity contribution in [2.45, 2.75) is 33.3 Å². The van der Waals surface area contributed by atoms with E-state index in [1.165, 1.54) is 0 Å². The van der Waals surface area contributed by atoms with Gasteiger partial charge in [-0.05, 0) is 57.2 Å². The fourth-order valence-corrected chi connectivity index (χ4v) is 2.17. The van der Waals surface area contributed by atoms with Crippen molar-refractivity contribution >= 4 is 47.3 Å². The summed E-state index contributed by atoms with van der Waals surface area (Å²) in [5.74, 6) is 1.43. The number of nitrogens with zero attached hydrogens (tertiary/aromatic N) is 2. The van der Waals surface area contributed by atoms with Gasteiger partial charge in [0.15, 0.2) is 5.96 Å². The first-order valence-electron chi connectivity index (χ1n) is 8.49. The van der Waals surface area contributed by atoms with Crippen LogP contribution in [-0.4, -0.2) is 29.5 Å². The molecule has 1 aromatic heterocycles. The zero-order valence-electron chi connectivity index (χ0n) is 15.7. The lowest BCUT2D eigenvalue weighted by molar-refractivity contribution is -0.116. The van der Waals surface area contributed by atoms with Crippen molar-refractivity contribution in [2.75, 3.05) is 17.2 Å². The molecule has 2 rings (SSSR count). The number of hydrogen-bond donors (Lipinski definition) is 3. The zero-order chi connectivity index (χ0) is 18.9. The van der Waals surface area contributed by atoms with Crippen LogP contribution in [0.4, 0.5) is 11.5 Å². The van der Waals surface area contributed by atoms with Crippen LogP contribution in [0.15, 0.2) is 47.5 Å². The quantitative estimate of drug-likeness (QED) is 0.318. The third-order valence-corrected chi connectivity index (χ3v) is 3.28. The minimum atomic E-state index is -0.158. The molecule has 27 heavy (non-hydrogen) atoms. The van der Waals surface area contributed by atoms with Crippen LogP contribution in [0.5, 0.6) is 5.75 Å². The first-order valence-corrected chi connectivity index (χ1v) is 8.49. The van der Waals surface area contributed by atoms with Gasteiger partial charge in [0, 0.05) is 17.8 Å². The molecule has 0 radical (unpaired) electrons. The predicted molar refractivity (Wildman–Crippen MR) is 120 cm³/mol. The van der Waals surface area contributed by atoms with Crippen molar-refractivity contribution < 1.29 is 9.53 Å². The minimum Gasteiger partial charge on any atom is -0.491 e. The number of halogens is 1. The highest BCUT2D eigenvalue weighted by atomic mass is 127. The fourth-order valence-electron chi connectivity index (χ4n) is 2.17. The van der Waals surface area contributed by atoms with E-state index < -0.39 is 0 Å². The van der Waals surface area contributed by atoms with E-state index in [1.807, 2.05) is 57.2 Å². The van der Waals surface area contributed by atoms with E-state index in [-0.39, 0.29) is 54.9 Å². The van der Waals surface area contributed by atoms with Gasteiger partial charge in [-0.2, -0.15) is 0 Å². The van der Waals surface area contributed by atoms with Gasteiger partial charge in [0.1, 0.15) is 11.6 Å². The lowest BCUT2D eigenvalue weighted by Crippen LogP contribution is -2.23. The summed E-state index contributed by atoms with van der Waals surface area (Å²) >= 11 is 0. The van der Waals surface area contributed by atoms with Crippen LogP contribution < -0.4 is 21.1 Å². The zero-order valence-corrected chi connectivity index (χ0v) is 18.1. The first kappa shape index (κ1) is 22.7. The lowest BCUT2D eigenvalue weighted by atomic mass is 10.3. The maximum Gasteiger partial charge on any atom is 0.227 e. The number of pyridine rings is 1. The summed E-state index contributed by atoms with van der Waals surface area (Å²) in [7, 11) is 0. The monoisotopic (exact) mass is 483 g/mol. The number of rotatable bonds is 7. The molecule has 0 aliphatic rings. The van der Waals surface area contributed by atoms with Gasteiger partial charge in [-0.3, -0.25) is 9.79 Å². The van der Waals surface area contributed by atoms with Gasteiger partial charge in [-0.15, -0.1) is 24.0 Å². The van der Waals surface area contributed by atoms with Crippen LogP contribution in [0.25, 0.3) is 0 Å². The number of nitrogens with one attached hydrogen (secondary N) is 2. The molecular weight excluding hydrogens is 457 g/mol. The Balaban J connectivity index is 0.00000364. The summed E-state index contributed by atoms with van der Waals surface area (Å²) in [4.78, 5) is 20.3. The lowest BCUT2D eigenvalue weighted by Gasteiger charge is -2.11. The summed E-state index contributed by atoms with van der Waals surface area (Å²) in [6, 6.07) is 12.9. The molecule has 7 nitrogen and oxygen atoms in total. The van der Waals surface area contributed by atoms with Gasteiger partial charge in [0.05, 0.1) is 12.6 Å². The Hall–Kier alpha value is -2.36. The Bertz CT molecular complexity index is 763. The Kier molecular flexibility index (Phi) is 9.55. The Morgan fingerprint density at radius 1 is 1.19 bits per heavy atom. The highest BCUT2D eigenvalue weighted by molar-refractivity contribution is 14.0. The number of carbonyl (C=O) groups excluding carboxylic acids is 1. The van der Waals surface area contributed by atoms with Crippen LogP contribution in [-0.2, 0) is 4.79 Å². The van der Waals surface area contributed by atoms with Gasteiger partial charge in [-0.1, -0.05) is 6.07 Å². The smallest absolute Gasteiger partial charge is 0.227 e. The summed E-state index contributed by atoms with van der Waals surface area (Å²) in [5, 5.41) is 5.71. The van der Waals surface area contributed by atoms with Gasteiger partial charge in [0.25, 0.3) is 0 Å². The first-order chi connectivity index (χ1) is 12.4. The Morgan fingerprint density at radius 2 is 1.89 bits per heavy atom. The number of guanidine groups is 1. The molecule has 0 aliphatic carbocycles. The van der Waals surface area contributed by atoms with Crippen molar-refractivity contribution in [2.24, 2.45) is 10.7 Å². The molecular formula is C19H26IN5O2. The number of anilines is 2. The number of nitrogens with two attached hydrogens (primary N) is 1. The number of aryl methyl sites for hydroxylation is 1. The molecule has 1 amide bonds. The fraction of sp³-hybridized carbons (Fsp3) is 0.316.